The lowest BCUT2D eigenvalue weighted by Gasteiger charge is -2.19. The summed E-state index contributed by atoms with van der Waals surface area (Å²) in [7, 11) is 0. The molecule has 0 saturated heterocycles. The van der Waals surface area contributed by atoms with Crippen molar-refractivity contribution in [2.75, 3.05) is 0 Å². The van der Waals surface area contributed by atoms with Crippen LogP contribution in [0.3, 0.4) is 0 Å². The number of aromatic nitrogens is 1. The Morgan fingerprint density at radius 1 is 0.755 bits per heavy atom. The molecule has 1 aromatic carbocycles. The number of halogens is 12. The van der Waals surface area contributed by atoms with Crippen LogP contribution in [0, 0.1) is 80.3 Å². The normalized spacial score (nSPS) is 13.7. The molecule has 1 aromatic heterocycles. The van der Waals surface area contributed by atoms with Gasteiger partial charge in [-0.1, -0.05) is 5.92 Å². The van der Waals surface area contributed by atoms with Gasteiger partial charge in [0.15, 0.2) is 11.4 Å². The standard InChI is InChI=1S/C29H6F12N8/c1-2-3-48-24(28(36,37)38)20(26(30,31)32)5-13(6-42)16-4-14(7-43)21(18(10-46)17(16)9-45)19(11-47)22-15(8-44)12-49-25(29(39,40)41)23(22)27(33,34)35/h1,3-4,12H,5H2/b16-13+,21-19+,24-20+,48-3?. The first-order valence-corrected chi connectivity index (χ1v) is 12.0. The third-order valence-corrected chi connectivity index (χ3v) is 6.01. The number of rotatable bonds is 4. The molecule has 0 aliphatic heterocycles. The van der Waals surface area contributed by atoms with Crippen LogP contribution in [0.4, 0.5) is 52.7 Å². The summed E-state index contributed by atoms with van der Waals surface area (Å²) < 4.78 is 166. The van der Waals surface area contributed by atoms with Gasteiger partial charge in [0.25, 0.3) is 0 Å². The predicted molar refractivity (Wildman–Crippen MR) is 137 cm³/mol. The van der Waals surface area contributed by atoms with Crippen molar-refractivity contribution in [3.8, 4) is 48.8 Å². The summed E-state index contributed by atoms with van der Waals surface area (Å²) >= 11 is 0. The minimum Gasteiger partial charge on any atom is -0.250 e. The summed E-state index contributed by atoms with van der Waals surface area (Å²) in [5, 5.41) is 56.0. The molecule has 1 heterocycles. The minimum atomic E-state index is -6.04. The number of terminal acetylenes is 1. The van der Waals surface area contributed by atoms with E-state index < -0.39 is 103 Å². The Hall–Kier alpha value is -6.82. The molecule has 0 amide bonds. The van der Waals surface area contributed by atoms with Gasteiger partial charge in [0.1, 0.15) is 24.3 Å². The summed E-state index contributed by atoms with van der Waals surface area (Å²) in [4.78, 5) is 5.17. The lowest BCUT2D eigenvalue weighted by Crippen LogP contribution is -2.29. The number of hydrogen-bond acceptors (Lipinski definition) is 8. The number of nitriles is 6. The van der Waals surface area contributed by atoms with Crippen LogP contribution in [0.25, 0.3) is 11.1 Å². The Morgan fingerprint density at radius 2 is 1.33 bits per heavy atom. The summed E-state index contributed by atoms with van der Waals surface area (Å²) in [5.74, 6) is 1.43. The zero-order valence-electron chi connectivity index (χ0n) is 23.1. The molecule has 8 nitrogen and oxygen atoms in total. The Labute approximate surface area is 264 Å². The first-order valence-electron chi connectivity index (χ1n) is 12.0. The number of nitrogens with zero attached hydrogens (tertiary/aromatic N) is 8. The van der Waals surface area contributed by atoms with Crippen LogP contribution in [0.5, 0.6) is 0 Å². The fourth-order valence-electron chi connectivity index (χ4n) is 4.19. The highest BCUT2D eigenvalue weighted by molar-refractivity contribution is 5.85. The van der Waals surface area contributed by atoms with Gasteiger partial charge in [-0.15, -0.1) is 6.42 Å². The van der Waals surface area contributed by atoms with E-state index in [2.05, 4.69) is 9.98 Å². The van der Waals surface area contributed by atoms with Crippen LogP contribution in [0.1, 0.15) is 45.5 Å². The van der Waals surface area contributed by atoms with E-state index in [1.54, 1.807) is 0 Å². The van der Waals surface area contributed by atoms with Crippen molar-refractivity contribution in [2.24, 2.45) is 4.99 Å². The van der Waals surface area contributed by atoms with E-state index in [-0.39, 0.29) is 18.5 Å². The molecule has 246 valence electrons. The van der Waals surface area contributed by atoms with Gasteiger partial charge >= 0.3 is 24.7 Å². The number of hydrogen-bond donors (Lipinski definition) is 0. The summed E-state index contributed by atoms with van der Waals surface area (Å²) in [5.41, 5.74) is -20.8. The van der Waals surface area contributed by atoms with Crippen molar-refractivity contribution in [3.05, 3.63) is 73.0 Å². The number of pyridine rings is 1. The van der Waals surface area contributed by atoms with Crippen LogP contribution >= 0.6 is 0 Å². The average molecular weight is 694 g/mol. The molecule has 0 aliphatic carbocycles. The molecule has 0 saturated carbocycles. The summed E-state index contributed by atoms with van der Waals surface area (Å²) in [6.45, 7) is 0. The molecule has 2 aromatic rings. The van der Waals surface area contributed by atoms with Gasteiger partial charge in [-0.05, 0) is 6.07 Å². The molecule has 20 heteroatoms. The second-order valence-electron chi connectivity index (χ2n) is 8.81. The van der Waals surface area contributed by atoms with Crippen LogP contribution in [-0.4, -0.2) is 23.6 Å². The first kappa shape index (κ1) is 38.4. The highest BCUT2D eigenvalue weighted by atomic mass is 19.4. The van der Waals surface area contributed by atoms with Crippen LogP contribution in [0.2, 0.25) is 0 Å². The van der Waals surface area contributed by atoms with Crippen molar-refractivity contribution < 1.29 is 52.7 Å². The molecule has 0 N–H and O–H groups in total. The van der Waals surface area contributed by atoms with Crippen molar-refractivity contribution in [1.82, 2.24) is 4.98 Å². The number of aliphatic imine (C=N–C) groups is 1. The predicted octanol–water partition coefficient (Wildman–Crippen LogP) is 5.48. The fourth-order valence-corrected chi connectivity index (χ4v) is 4.19. The van der Waals surface area contributed by atoms with E-state index in [0.29, 0.717) is 0 Å². The molecule has 0 spiro atoms. The third kappa shape index (κ3) is 7.77. The van der Waals surface area contributed by atoms with Crippen LogP contribution in [-0.2, 0) is 12.4 Å². The maximum absolute atomic E-state index is 14.1. The van der Waals surface area contributed by atoms with Crippen LogP contribution < -0.4 is 10.4 Å². The van der Waals surface area contributed by atoms with E-state index in [9.17, 15) is 84.3 Å². The van der Waals surface area contributed by atoms with Crippen molar-refractivity contribution in [2.45, 2.75) is 31.1 Å². The monoisotopic (exact) mass is 694 g/mol. The Bertz CT molecular complexity index is 2220. The van der Waals surface area contributed by atoms with Gasteiger partial charge in [0, 0.05) is 34.2 Å². The van der Waals surface area contributed by atoms with Gasteiger partial charge in [0.2, 0.25) is 0 Å². The number of allylic oxidation sites excluding steroid dienone is 2. The van der Waals surface area contributed by atoms with Gasteiger partial charge in [-0.3, -0.25) is 0 Å². The Kier molecular flexibility index (Phi) is 10.9. The molecule has 2 rings (SSSR count). The second-order valence-corrected chi connectivity index (χ2v) is 8.81. The lowest BCUT2D eigenvalue weighted by atomic mass is 9.88. The summed E-state index contributed by atoms with van der Waals surface area (Å²) in [6, 6.07) is 7.00. The highest BCUT2D eigenvalue weighted by Gasteiger charge is 2.48. The molecule has 0 aliphatic rings. The second kappa shape index (κ2) is 13.9. The Balaban J connectivity index is 3.50. The molecule has 0 radical (unpaired) electrons. The number of alkyl halides is 12. The highest BCUT2D eigenvalue weighted by Crippen LogP contribution is 2.44. The molecule has 49 heavy (non-hydrogen) atoms. The third-order valence-electron chi connectivity index (χ3n) is 6.01. The average Bonchev–Trinajstić information content (AvgIpc) is 3.00. The van der Waals surface area contributed by atoms with E-state index in [1.807, 2.05) is 0 Å². The fraction of sp³-hybridized carbons (Fsp3) is 0.172. The molecule has 0 fully saturated rings. The van der Waals surface area contributed by atoms with Gasteiger partial charge in [0.05, 0.1) is 57.3 Å². The van der Waals surface area contributed by atoms with Crippen LogP contribution in [0.15, 0.2) is 28.5 Å². The number of benzene rings is 1. The first-order chi connectivity index (χ1) is 22.6. The maximum Gasteiger partial charge on any atom is 0.433 e. The molecular formula is C29H6F12N8. The SMILES string of the molecule is C#CC=N/C(=C(\C/C(C#N)=c1/cc(C#N)/c(=C(/C#N)c2c(C#N)cnc(C(F)(F)F)c2C(F)(F)F)c(C#N)c1C#N)C(F)(F)F)C(F)(F)F. The molecular weight excluding hydrogens is 688 g/mol. The van der Waals surface area contributed by atoms with Gasteiger partial charge < -0.3 is 0 Å². The van der Waals surface area contributed by atoms with Gasteiger partial charge in [-0.2, -0.15) is 84.3 Å². The quantitative estimate of drug-likeness (QED) is 0.232. The molecule has 0 atom stereocenters. The van der Waals surface area contributed by atoms with Crippen molar-refractivity contribution in [1.29, 1.82) is 31.6 Å². The smallest absolute Gasteiger partial charge is 0.250 e. The molecule has 0 bridgehead atoms. The van der Waals surface area contributed by atoms with Crippen molar-refractivity contribution >= 4 is 17.4 Å². The van der Waals surface area contributed by atoms with E-state index in [1.165, 1.54) is 18.1 Å². The van der Waals surface area contributed by atoms with E-state index in [4.69, 9.17) is 6.42 Å². The zero-order valence-corrected chi connectivity index (χ0v) is 23.1. The van der Waals surface area contributed by atoms with E-state index in [0.717, 1.165) is 24.3 Å². The summed E-state index contributed by atoms with van der Waals surface area (Å²) in [6.07, 6.45) is -21.1. The van der Waals surface area contributed by atoms with Gasteiger partial charge in [-0.25, -0.2) is 9.98 Å². The minimum absolute atomic E-state index is 0.00899. The maximum atomic E-state index is 14.1. The van der Waals surface area contributed by atoms with E-state index >= 15 is 0 Å². The largest absolute Gasteiger partial charge is 0.433 e. The molecule has 0 unspecified atom stereocenters. The lowest BCUT2D eigenvalue weighted by molar-refractivity contribution is -0.164. The zero-order chi connectivity index (χ0) is 37.7. The topological polar surface area (TPSA) is 168 Å². The van der Waals surface area contributed by atoms with Crippen molar-refractivity contribution in [3.63, 3.8) is 0 Å². The Morgan fingerprint density at radius 3 is 1.71 bits per heavy atom.